The second-order valence-electron chi connectivity index (χ2n) is 4.01. The van der Waals surface area contributed by atoms with Gasteiger partial charge in [-0.3, -0.25) is 4.79 Å². The molecule has 0 aromatic carbocycles. The molecule has 1 amide bonds. The average Bonchev–Trinajstić information content (AvgIpc) is 2.46. The van der Waals surface area contributed by atoms with Gasteiger partial charge < -0.3 is 20.1 Å². The maximum Gasteiger partial charge on any atom is 0.239 e. The standard InChI is InChI=1S/C12H17N3O3/c1-17-11-3-2-9(6-14-11)7-15-12(16)10-8-18-5-4-13-10/h2-3,6,10,13H,4-5,7-8H2,1H3,(H,15,16). The zero-order chi connectivity index (χ0) is 12.8. The highest BCUT2D eigenvalue weighted by Crippen LogP contribution is 2.06. The van der Waals surface area contributed by atoms with E-state index in [-0.39, 0.29) is 11.9 Å². The number of morpholine rings is 1. The summed E-state index contributed by atoms with van der Waals surface area (Å²) in [5.74, 6) is 0.512. The van der Waals surface area contributed by atoms with E-state index in [0.29, 0.717) is 32.2 Å². The van der Waals surface area contributed by atoms with Gasteiger partial charge in [-0.2, -0.15) is 0 Å². The number of hydrogen-bond donors (Lipinski definition) is 2. The van der Waals surface area contributed by atoms with Gasteiger partial charge in [0.2, 0.25) is 11.8 Å². The summed E-state index contributed by atoms with van der Waals surface area (Å²) in [6.45, 7) is 2.25. The third-order valence-electron chi connectivity index (χ3n) is 2.71. The largest absolute Gasteiger partial charge is 0.481 e. The monoisotopic (exact) mass is 251 g/mol. The number of ether oxygens (including phenoxy) is 2. The molecule has 1 fully saturated rings. The maximum absolute atomic E-state index is 11.8. The summed E-state index contributed by atoms with van der Waals surface area (Å²) in [6.07, 6.45) is 1.68. The molecule has 0 aliphatic carbocycles. The fraction of sp³-hybridized carbons (Fsp3) is 0.500. The molecule has 1 aliphatic heterocycles. The highest BCUT2D eigenvalue weighted by molar-refractivity contribution is 5.81. The molecule has 18 heavy (non-hydrogen) atoms. The van der Waals surface area contributed by atoms with Gasteiger partial charge in [-0.25, -0.2) is 4.98 Å². The highest BCUT2D eigenvalue weighted by Gasteiger charge is 2.20. The minimum absolute atomic E-state index is 0.0504. The number of carbonyl (C=O) groups is 1. The Morgan fingerprint density at radius 3 is 3.17 bits per heavy atom. The van der Waals surface area contributed by atoms with Gasteiger partial charge >= 0.3 is 0 Å². The lowest BCUT2D eigenvalue weighted by molar-refractivity contribution is -0.126. The van der Waals surface area contributed by atoms with Crippen molar-refractivity contribution in [1.82, 2.24) is 15.6 Å². The lowest BCUT2D eigenvalue weighted by Crippen LogP contribution is -2.51. The summed E-state index contributed by atoms with van der Waals surface area (Å²) in [6, 6.07) is 3.38. The SMILES string of the molecule is COc1ccc(CNC(=O)C2COCCN2)cn1. The van der Waals surface area contributed by atoms with Crippen molar-refractivity contribution in [2.24, 2.45) is 0 Å². The number of carbonyl (C=O) groups excluding carboxylic acids is 1. The van der Waals surface area contributed by atoms with Crippen LogP contribution < -0.4 is 15.4 Å². The Labute approximate surface area is 106 Å². The van der Waals surface area contributed by atoms with Gasteiger partial charge in [-0.1, -0.05) is 6.07 Å². The predicted octanol–water partition coefficient (Wildman–Crippen LogP) is -0.305. The quantitative estimate of drug-likeness (QED) is 0.768. The topological polar surface area (TPSA) is 72.5 Å². The van der Waals surface area contributed by atoms with Gasteiger partial charge in [-0.15, -0.1) is 0 Å². The van der Waals surface area contributed by atoms with Crippen LogP contribution in [0.2, 0.25) is 0 Å². The summed E-state index contributed by atoms with van der Waals surface area (Å²) in [5.41, 5.74) is 0.931. The van der Waals surface area contributed by atoms with Crippen molar-refractivity contribution in [2.75, 3.05) is 26.9 Å². The van der Waals surface area contributed by atoms with Crippen LogP contribution in [0.25, 0.3) is 0 Å². The van der Waals surface area contributed by atoms with Crippen molar-refractivity contribution in [3.8, 4) is 5.88 Å². The normalized spacial score (nSPS) is 19.3. The molecule has 0 bridgehead atoms. The van der Waals surface area contributed by atoms with Crippen molar-refractivity contribution in [3.05, 3.63) is 23.9 Å². The van der Waals surface area contributed by atoms with Gasteiger partial charge in [0.25, 0.3) is 0 Å². The van der Waals surface area contributed by atoms with Gasteiger partial charge in [0.15, 0.2) is 0 Å². The molecule has 1 aliphatic rings. The summed E-state index contributed by atoms with van der Waals surface area (Å²) in [7, 11) is 1.57. The number of nitrogens with one attached hydrogen (secondary N) is 2. The lowest BCUT2D eigenvalue weighted by Gasteiger charge is -2.22. The zero-order valence-electron chi connectivity index (χ0n) is 10.3. The minimum atomic E-state index is -0.259. The summed E-state index contributed by atoms with van der Waals surface area (Å²) in [5, 5.41) is 5.94. The lowest BCUT2D eigenvalue weighted by atomic mass is 10.2. The second-order valence-corrected chi connectivity index (χ2v) is 4.01. The van der Waals surface area contributed by atoms with Crippen LogP contribution in [0.15, 0.2) is 18.3 Å². The first kappa shape index (κ1) is 12.8. The van der Waals surface area contributed by atoms with Crippen LogP contribution in [-0.4, -0.2) is 43.8 Å². The molecule has 6 nitrogen and oxygen atoms in total. The Balaban J connectivity index is 1.80. The van der Waals surface area contributed by atoms with Crippen LogP contribution in [0.4, 0.5) is 0 Å². The van der Waals surface area contributed by atoms with E-state index in [1.807, 2.05) is 6.07 Å². The van der Waals surface area contributed by atoms with Crippen molar-refractivity contribution in [3.63, 3.8) is 0 Å². The number of amides is 1. The van der Waals surface area contributed by atoms with Crippen LogP contribution in [-0.2, 0) is 16.1 Å². The molecule has 1 aromatic rings. The molecule has 1 unspecified atom stereocenters. The molecule has 98 valence electrons. The number of pyridine rings is 1. The molecule has 0 saturated carbocycles. The second kappa shape index (κ2) is 6.32. The number of methoxy groups -OCH3 is 1. The van der Waals surface area contributed by atoms with Crippen LogP contribution >= 0.6 is 0 Å². The van der Waals surface area contributed by atoms with E-state index in [1.54, 1.807) is 19.4 Å². The first-order chi connectivity index (χ1) is 8.79. The van der Waals surface area contributed by atoms with Crippen LogP contribution in [0.1, 0.15) is 5.56 Å². The highest BCUT2D eigenvalue weighted by atomic mass is 16.5. The Kier molecular flexibility index (Phi) is 4.49. The summed E-state index contributed by atoms with van der Waals surface area (Å²) >= 11 is 0. The van der Waals surface area contributed by atoms with E-state index < -0.39 is 0 Å². The minimum Gasteiger partial charge on any atom is -0.481 e. The number of hydrogen-bond acceptors (Lipinski definition) is 5. The third kappa shape index (κ3) is 3.41. The molecule has 0 radical (unpaired) electrons. The van der Waals surface area contributed by atoms with Gasteiger partial charge in [-0.05, 0) is 5.56 Å². The van der Waals surface area contributed by atoms with E-state index in [4.69, 9.17) is 9.47 Å². The molecule has 2 heterocycles. The Morgan fingerprint density at radius 1 is 1.67 bits per heavy atom. The van der Waals surface area contributed by atoms with Crippen LogP contribution in [0, 0.1) is 0 Å². The van der Waals surface area contributed by atoms with Crippen molar-refractivity contribution in [1.29, 1.82) is 0 Å². The van der Waals surface area contributed by atoms with Gasteiger partial charge in [0.05, 0.1) is 20.3 Å². The summed E-state index contributed by atoms with van der Waals surface area (Å²) in [4.78, 5) is 15.9. The van der Waals surface area contributed by atoms with E-state index in [9.17, 15) is 4.79 Å². The van der Waals surface area contributed by atoms with Crippen molar-refractivity contribution >= 4 is 5.91 Å². The number of aromatic nitrogens is 1. The van der Waals surface area contributed by atoms with Crippen molar-refractivity contribution < 1.29 is 14.3 Å². The zero-order valence-corrected chi connectivity index (χ0v) is 10.3. The molecule has 2 rings (SSSR count). The Bertz CT molecular complexity index is 388. The third-order valence-corrected chi connectivity index (χ3v) is 2.71. The molecule has 0 spiro atoms. The molecular weight excluding hydrogens is 234 g/mol. The smallest absolute Gasteiger partial charge is 0.239 e. The molecule has 1 aromatic heterocycles. The molecule has 1 atom stereocenters. The van der Waals surface area contributed by atoms with Gasteiger partial charge in [0.1, 0.15) is 6.04 Å². The van der Waals surface area contributed by atoms with E-state index >= 15 is 0 Å². The molecular formula is C12H17N3O3. The van der Waals surface area contributed by atoms with E-state index in [0.717, 1.165) is 5.56 Å². The molecule has 1 saturated heterocycles. The molecule has 6 heteroatoms. The first-order valence-corrected chi connectivity index (χ1v) is 5.87. The van der Waals surface area contributed by atoms with Crippen molar-refractivity contribution in [2.45, 2.75) is 12.6 Å². The fourth-order valence-electron chi connectivity index (χ4n) is 1.68. The maximum atomic E-state index is 11.8. The Morgan fingerprint density at radius 2 is 2.56 bits per heavy atom. The first-order valence-electron chi connectivity index (χ1n) is 5.87. The number of nitrogens with zero attached hydrogens (tertiary/aromatic N) is 1. The number of rotatable bonds is 4. The van der Waals surface area contributed by atoms with E-state index in [1.165, 1.54) is 0 Å². The van der Waals surface area contributed by atoms with Gasteiger partial charge in [0, 0.05) is 25.4 Å². The predicted molar refractivity (Wildman–Crippen MR) is 65.2 cm³/mol. The molecule has 2 N–H and O–H groups in total. The summed E-state index contributed by atoms with van der Waals surface area (Å²) < 4.78 is 10.2. The van der Waals surface area contributed by atoms with Crippen LogP contribution in [0.5, 0.6) is 5.88 Å². The fourth-order valence-corrected chi connectivity index (χ4v) is 1.68. The van der Waals surface area contributed by atoms with Crippen LogP contribution in [0.3, 0.4) is 0 Å². The Hall–Kier alpha value is -1.66. The van der Waals surface area contributed by atoms with E-state index in [2.05, 4.69) is 15.6 Å². The average molecular weight is 251 g/mol.